The molecular formula is C10H3Cl2F3N4O2SSe. The summed E-state index contributed by atoms with van der Waals surface area (Å²) in [6.45, 7) is 0. The number of rotatable bonds is 3. The Labute approximate surface area is 142 Å². The van der Waals surface area contributed by atoms with Crippen LogP contribution in [0.3, 0.4) is 0 Å². The Hall–Kier alpha value is -1.13. The van der Waals surface area contributed by atoms with Gasteiger partial charge < -0.3 is 0 Å². The molecule has 0 aliphatic rings. The fraction of sp³-hybridized carbons (Fsp3) is 0.100. The molecule has 2 aromatic heterocycles. The molecule has 0 fully saturated rings. The summed E-state index contributed by atoms with van der Waals surface area (Å²) in [6, 6.07) is 1.74. The Balaban J connectivity index is 2.31. The Bertz CT molecular complexity index is 1020. The van der Waals surface area contributed by atoms with Gasteiger partial charge in [0.1, 0.15) is 0 Å². The number of halogens is 5. The van der Waals surface area contributed by atoms with Crippen LogP contribution in [0.15, 0.2) is 17.0 Å². The number of benzene rings is 1. The van der Waals surface area contributed by atoms with E-state index in [1.165, 1.54) is 0 Å². The monoisotopic (exact) mass is 450 g/mol. The second-order valence-corrected chi connectivity index (χ2v) is 9.13. The molecule has 0 saturated heterocycles. The SMILES string of the molecule is O=S(=O)(Cl)c1cc(F)c2nc(Cl)n(-c3nnc(C(F)F)[se]3)c2c1. The van der Waals surface area contributed by atoms with Crippen LogP contribution in [-0.4, -0.2) is 42.7 Å². The topological polar surface area (TPSA) is 77.7 Å². The number of hydrogen-bond acceptors (Lipinski definition) is 5. The molecule has 13 heteroatoms. The molecule has 3 aromatic rings. The summed E-state index contributed by atoms with van der Waals surface area (Å²) in [6.07, 6.45) is -2.78. The molecule has 0 aliphatic carbocycles. The van der Waals surface area contributed by atoms with E-state index in [4.69, 9.17) is 22.3 Å². The molecule has 0 aliphatic heterocycles. The van der Waals surface area contributed by atoms with Crippen molar-refractivity contribution in [2.75, 3.05) is 0 Å². The van der Waals surface area contributed by atoms with Gasteiger partial charge in [-0.2, -0.15) is 0 Å². The molecule has 23 heavy (non-hydrogen) atoms. The van der Waals surface area contributed by atoms with E-state index in [-0.39, 0.29) is 21.0 Å². The molecule has 0 atom stereocenters. The second kappa shape index (κ2) is 5.75. The normalized spacial score (nSPS) is 12.4. The first kappa shape index (κ1) is 16.7. The first-order valence-corrected chi connectivity index (χ1v) is 10.0. The van der Waals surface area contributed by atoms with Crippen LogP contribution in [0.5, 0.6) is 0 Å². The Kier molecular flexibility index (Phi) is 4.18. The van der Waals surface area contributed by atoms with Gasteiger partial charge >= 0.3 is 142 Å². The second-order valence-electron chi connectivity index (χ2n) is 4.15. The number of fused-ring (bicyclic) bond motifs is 1. The Morgan fingerprint density at radius 1 is 1.26 bits per heavy atom. The van der Waals surface area contributed by atoms with Crippen LogP contribution in [-0.2, 0) is 9.05 Å². The van der Waals surface area contributed by atoms with E-state index in [0.717, 1.165) is 10.6 Å². The van der Waals surface area contributed by atoms with E-state index in [1.54, 1.807) is 0 Å². The molecule has 122 valence electrons. The number of aromatic nitrogens is 4. The van der Waals surface area contributed by atoms with Crippen molar-refractivity contribution in [3.05, 3.63) is 27.8 Å². The summed E-state index contributed by atoms with van der Waals surface area (Å²) >= 11 is 4.95. The molecule has 0 radical (unpaired) electrons. The average molecular weight is 450 g/mol. The van der Waals surface area contributed by atoms with Gasteiger partial charge in [-0.3, -0.25) is 0 Å². The predicted molar refractivity (Wildman–Crippen MR) is 76.6 cm³/mol. The van der Waals surface area contributed by atoms with Gasteiger partial charge in [-0.25, -0.2) is 0 Å². The van der Waals surface area contributed by atoms with Crippen molar-refractivity contribution in [1.29, 1.82) is 0 Å². The van der Waals surface area contributed by atoms with Crippen LogP contribution in [0.1, 0.15) is 11.0 Å². The number of imidazole rings is 1. The van der Waals surface area contributed by atoms with E-state index in [9.17, 15) is 21.6 Å². The van der Waals surface area contributed by atoms with Gasteiger partial charge in [0.25, 0.3) is 0 Å². The zero-order valence-electron chi connectivity index (χ0n) is 10.5. The maximum absolute atomic E-state index is 14.0. The zero-order valence-corrected chi connectivity index (χ0v) is 14.6. The van der Waals surface area contributed by atoms with Gasteiger partial charge in [0.05, 0.1) is 0 Å². The van der Waals surface area contributed by atoms with Crippen molar-refractivity contribution in [3.63, 3.8) is 0 Å². The van der Waals surface area contributed by atoms with E-state index in [0.29, 0.717) is 6.07 Å². The Morgan fingerprint density at radius 2 is 1.96 bits per heavy atom. The summed E-state index contributed by atoms with van der Waals surface area (Å²) in [5, 5.41) is 6.70. The van der Waals surface area contributed by atoms with Crippen LogP contribution in [0, 0.1) is 5.82 Å². The van der Waals surface area contributed by atoms with Gasteiger partial charge in [-0.05, 0) is 0 Å². The third-order valence-electron chi connectivity index (χ3n) is 2.74. The molecule has 0 bridgehead atoms. The summed E-state index contributed by atoms with van der Waals surface area (Å²) < 4.78 is 62.8. The molecule has 0 saturated carbocycles. The third kappa shape index (κ3) is 2.99. The number of nitrogens with zero attached hydrogens (tertiary/aromatic N) is 4. The summed E-state index contributed by atoms with van der Waals surface area (Å²) in [5.74, 6) is -0.969. The van der Waals surface area contributed by atoms with Crippen LogP contribution in [0.2, 0.25) is 5.28 Å². The van der Waals surface area contributed by atoms with Crippen molar-refractivity contribution in [2.45, 2.75) is 11.3 Å². The summed E-state index contributed by atoms with van der Waals surface area (Å²) in [4.78, 5) is 3.25. The van der Waals surface area contributed by atoms with E-state index < -0.39 is 45.3 Å². The molecular weight excluding hydrogens is 447 g/mol. The molecule has 1 aromatic carbocycles. The third-order valence-corrected chi connectivity index (χ3v) is 6.24. The van der Waals surface area contributed by atoms with Crippen molar-refractivity contribution in [2.24, 2.45) is 0 Å². The van der Waals surface area contributed by atoms with Crippen LogP contribution < -0.4 is 0 Å². The summed E-state index contributed by atoms with van der Waals surface area (Å²) in [7, 11) is 1.00. The van der Waals surface area contributed by atoms with Gasteiger partial charge in [0, 0.05) is 0 Å². The van der Waals surface area contributed by atoms with Gasteiger partial charge in [0.2, 0.25) is 0 Å². The van der Waals surface area contributed by atoms with Crippen LogP contribution >= 0.6 is 22.3 Å². The molecule has 0 spiro atoms. The van der Waals surface area contributed by atoms with E-state index in [2.05, 4.69) is 15.2 Å². The van der Waals surface area contributed by atoms with Crippen molar-refractivity contribution in [3.8, 4) is 4.69 Å². The molecule has 3 rings (SSSR count). The van der Waals surface area contributed by atoms with Crippen LogP contribution in [0.25, 0.3) is 15.7 Å². The number of hydrogen-bond donors (Lipinski definition) is 0. The maximum atomic E-state index is 14.0. The molecule has 0 N–H and O–H groups in total. The quantitative estimate of drug-likeness (QED) is 0.453. The molecule has 0 amide bonds. The molecule has 0 unspecified atom stereocenters. The van der Waals surface area contributed by atoms with Gasteiger partial charge in [-0.1, -0.05) is 0 Å². The zero-order chi connectivity index (χ0) is 16.9. The first-order chi connectivity index (χ1) is 10.7. The number of alkyl halides is 2. The van der Waals surface area contributed by atoms with Gasteiger partial charge in [-0.15, -0.1) is 0 Å². The predicted octanol–water partition coefficient (Wildman–Crippen LogP) is 2.53. The standard InChI is InChI=1S/C10H3Cl2F3N4O2SSe/c11-9-16-6-4(13)1-3(22(12,20)21)2-5(6)19(9)10-18-17-8(23-10)7(14)15/h1-2,7H. The van der Waals surface area contributed by atoms with Crippen molar-refractivity contribution >= 4 is 56.9 Å². The van der Waals surface area contributed by atoms with E-state index in [1.807, 2.05) is 0 Å². The van der Waals surface area contributed by atoms with E-state index >= 15 is 0 Å². The Morgan fingerprint density at radius 3 is 2.52 bits per heavy atom. The van der Waals surface area contributed by atoms with Crippen molar-refractivity contribution in [1.82, 2.24) is 19.7 Å². The molecule has 6 nitrogen and oxygen atoms in total. The minimum absolute atomic E-state index is 0.0313. The van der Waals surface area contributed by atoms with Crippen LogP contribution in [0.4, 0.5) is 13.2 Å². The minimum atomic E-state index is -4.21. The van der Waals surface area contributed by atoms with Gasteiger partial charge in [0.15, 0.2) is 0 Å². The van der Waals surface area contributed by atoms with Crippen molar-refractivity contribution < 1.29 is 21.6 Å². The average Bonchev–Trinajstić information content (AvgIpc) is 3.01. The summed E-state index contributed by atoms with van der Waals surface area (Å²) in [5.41, 5.74) is -0.288. The molecule has 2 heterocycles. The first-order valence-electron chi connectivity index (χ1n) is 5.62. The fourth-order valence-corrected chi connectivity index (χ4v) is 4.45. The fourth-order valence-electron chi connectivity index (χ4n) is 1.81.